The molecule has 0 aliphatic heterocycles. The molecule has 0 bridgehead atoms. The fraction of sp³-hybridized carbons (Fsp3) is 0.217. The van der Waals surface area contributed by atoms with Gasteiger partial charge in [0.15, 0.2) is 5.82 Å². The molecule has 8 heteroatoms. The zero-order valence-corrected chi connectivity index (χ0v) is 17.8. The Kier molecular flexibility index (Phi) is 5.62. The maximum absolute atomic E-state index is 13.2. The van der Waals surface area contributed by atoms with Crippen molar-refractivity contribution < 1.29 is 9.13 Å². The van der Waals surface area contributed by atoms with E-state index in [2.05, 4.69) is 25.5 Å². The Morgan fingerprint density at radius 2 is 1.81 bits per heavy atom. The standard InChI is InChI=1S/C23H23FN6O/c1-14-11-20(28-29-22(14)26-16(3)17-5-7-18(24)8-6-17)19-9-10-21(23(27-19)31-4)30-12-15(2)25-13-30/h5-13,16H,1-4H3,(H,26,29)/t16-/m0/s1. The molecule has 0 radical (unpaired) electrons. The molecule has 1 atom stereocenters. The van der Waals surface area contributed by atoms with Gasteiger partial charge in [0.25, 0.3) is 0 Å². The largest absolute Gasteiger partial charge is 0.479 e. The highest BCUT2D eigenvalue weighted by Gasteiger charge is 2.14. The van der Waals surface area contributed by atoms with Crippen molar-refractivity contribution in [3.05, 3.63) is 77.6 Å². The van der Waals surface area contributed by atoms with Gasteiger partial charge in [0.2, 0.25) is 5.88 Å². The summed E-state index contributed by atoms with van der Waals surface area (Å²) in [4.78, 5) is 8.86. The average molecular weight is 418 g/mol. The number of halogens is 1. The predicted molar refractivity (Wildman–Crippen MR) is 117 cm³/mol. The second-order valence-corrected chi connectivity index (χ2v) is 7.33. The molecule has 4 rings (SSSR count). The Labute approximate surface area is 180 Å². The molecule has 0 unspecified atom stereocenters. The normalized spacial score (nSPS) is 11.9. The summed E-state index contributed by atoms with van der Waals surface area (Å²) < 4.78 is 20.5. The van der Waals surface area contributed by atoms with Gasteiger partial charge in [-0.2, -0.15) is 0 Å². The molecule has 7 nitrogen and oxygen atoms in total. The lowest BCUT2D eigenvalue weighted by Crippen LogP contribution is -2.10. The van der Waals surface area contributed by atoms with Gasteiger partial charge in [-0.3, -0.25) is 0 Å². The zero-order chi connectivity index (χ0) is 22.0. The summed E-state index contributed by atoms with van der Waals surface area (Å²) in [6.07, 6.45) is 3.63. The number of hydrogen-bond acceptors (Lipinski definition) is 6. The lowest BCUT2D eigenvalue weighted by atomic mass is 10.1. The van der Waals surface area contributed by atoms with E-state index < -0.39 is 0 Å². The van der Waals surface area contributed by atoms with Crippen LogP contribution in [0.4, 0.5) is 10.2 Å². The first kappa shape index (κ1) is 20.5. The first-order valence-electron chi connectivity index (χ1n) is 9.87. The molecule has 1 aromatic carbocycles. The van der Waals surface area contributed by atoms with E-state index in [1.165, 1.54) is 12.1 Å². The Hall–Kier alpha value is -3.81. The van der Waals surface area contributed by atoms with Crippen LogP contribution in [0, 0.1) is 19.7 Å². The van der Waals surface area contributed by atoms with Gasteiger partial charge in [-0.25, -0.2) is 14.4 Å². The molecule has 0 spiro atoms. The number of imidazole rings is 1. The summed E-state index contributed by atoms with van der Waals surface area (Å²) in [6, 6.07) is 12.1. The third kappa shape index (κ3) is 4.37. The average Bonchev–Trinajstić information content (AvgIpc) is 3.21. The highest BCUT2D eigenvalue weighted by molar-refractivity contribution is 5.61. The SMILES string of the molecule is COc1nc(-c2cc(C)c(N[C@@H](C)c3ccc(F)cc3)nn2)ccc1-n1cnc(C)c1. The smallest absolute Gasteiger partial charge is 0.238 e. The third-order valence-electron chi connectivity index (χ3n) is 4.99. The van der Waals surface area contributed by atoms with Gasteiger partial charge in [0.1, 0.15) is 17.2 Å². The van der Waals surface area contributed by atoms with Crippen molar-refractivity contribution in [1.82, 2.24) is 24.7 Å². The molecule has 1 N–H and O–H groups in total. The topological polar surface area (TPSA) is 77.8 Å². The Morgan fingerprint density at radius 1 is 1.03 bits per heavy atom. The second kappa shape index (κ2) is 8.51. The van der Waals surface area contributed by atoms with E-state index in [4.69, 9.17) is 4.74 Å². The monoisotopic (exact) mass is 418 g/mol. The highest BCUT2D eigenvalue weighted by Crippen LogP contribution is 2.27. The quantitative estimate of drug-likeness (QED) is 0.491. The molecule has 0 aliphatic carbocycles. The van der Waals surface area contributed by atoms with Crippen molar-refractivity contribution in [3.63, 3.8) is 0 Å². The lowest BCUT2D eigenvalue weighted by molar-refractivity contribution is 0.396. The summed E-state index contributed by atoms with van der Waals surface area (Å²) in [7, 11) is 1.58. The third-order valence-corrected chi connectivity index (χ3v) is 4.99. The Bertz CT molecular complexity index is 1210. The summed E-state index contributed by atoms with van der Waals surface area (Å²) in [5, 5.41) is 12.0. The summed E-state index contributed by atoms with van der Waals surface area (Å²) in [6.45, 7) is 5.87. The van der Waals surface area contributed by atoms with Gasteiger partial charge in [-0.15, -0.1) is 10.2 Å². The number of aryl methyl sites for hydroxylation is 2. The number of benzene rings is 1. The van der Waals surface area contributed by atoms with Crippen LogP contribution >= 0.6 is 0 Å². The van der Waals surface area contributed by atoms with Gasteiger partial charge >= 0.3 is 0 Å². The summed E-state index contributed by atoms with van der Waals surface area (Å²) in [5.74, 6) is 0.882. The minimum Gasteiger partial charge on any atom is -0.479 e. The molecule has 0 aliphatic rings. The maximum Gasteiger partial charge on any atom is 0.238 e. The molecule has 4 aromatic rings. The molecule has 3 heterocycles. The number of nitrogens with one attached hydrogen (secondary N) is 1. The molecular weight excluding hydrogens is 395 g/mol. The van der Waals surface area contributed by atoms with E-state index >= 15 is 0 Å². The van der Waals surface area contributed by atoms with Gasteiger partial charge in [0, 0.05) is 6.20 Å². The van der Waals surface area contributed by atoms with Gasteiger partial charge < -0.3 is 14.6 Å². The number of nitrogens with zero attached hydrogens (tertiary/aromatic N) is 5. The van der Waals surface area contributed by atoms with E-state index in [1.807, 2.05) is 49.7 Å². The maximum atomic E-state index is 13.2. The van der Waals surface area contributed by atoms with Crippen LogP contribution in [0.1, 0.15) is 29.8 Å². The van der Waals surface area contributed by atoms with Gasteiger partial charge in [-0.05, 0) is 62.2 Å². The van der Waals surface area contributed by atoms with Crippen molar-refractivity contribution in [3.8, 4) is 23.0 Å². The Morgan fingerprint density at radius 3 is 2.45 bits per heavy atom. The fourth-order valence-electron chi connectivity index (χ4n) is 3.27. The molecule has 0 amide bonds. The minimum absolute atomic E-state index is 0.0458. The van der Waals surface area contributed by atoms with E-state index in [0.29, 0.717) is 23.1 Å². The zero-order valence-electron chi connectivity index (χ0n) is 17.8. The van der Waals surface area contributed by atoms with E-state index in [-0.39, 0.29) is 11.9 Å². The van der Waals surface area contributed by atoms with Crippen LogP contribution in [0.3, 0.4) is 0 Å². The second-order valence-electron chi connectivity index (χ2n) is 7.33. The van der Waals surface area contributed by atoms with Crippen LogP contribution < -0.4 is 10.1 Å². The number of hydrogen-bond donors (Lipinski definition) is 1. The van der Waals surface area contributed by atoms with Crippen LogP contribution in [-0.2, 0) is 0 Å². The van der Waals surface area contributed by atoms with Crippen LogP contribution in [0.2, 0.25) is 0 Å². The van der Waals surface area contributed by atoms with Crippen molar-refractivity contribution in [1.29, 1.82) is 0 Å². The van der Waals surface area contributed by atoms with Crippen LogP contribution in [-0.4, -0.2) is 31.8 Å². The first-order valence-corrected chi connectivity index (χ1v) is 9.87. The summed E-state index contributed by atoms with van der Waals surface area (Å²) in [5.41, 5.74) is 4.89. The van der Waals surface area contributed by atoms with Crippen LogP contribution in [0.5, 0.6) is 5.88 Å². The number of methoxy groups -OCH3 is 1. The van der Waals surface area contributed by atoms with Gasteiger partial charge in [0.05, 0.1) is 30.9 Å². The highest BCUT2D eigenvalue weighted by atomic mass is 19.1. The van der Waals surface area contributed by atoms with Crippen molar-refractivity contribution in [2.24, 2.45) is 0 Å². The molecule has 0 saturated carbocycles. The number of pyridine rings is 1. The lowest BCUT2D eigenvalue weighted by Gasteiger charge is -2.16. The fourth-order valence-corrected chi connectivity index (χ4v) is 3.27. The number of anilines is 1. The molecule has 0 fully saturated rings. The van der Waals surface area contributed by atoms with Crippen molar-refractivity contribution in [2.75, 3.05) is 12.4 Å². The van der Waals surface area contributed by atoms with Gasteiger partial charge in [-0.1, -0.05) is 12.1 Å². The molecule has 0 saturated heterocycles. The van der Waals surface area contributed by atoms with Crippen LogP contribution in [0.25, 0.3) is 17.1 Å². The Balaban J connectivity index is 1.58. The molecular formula is C23H23FN6O. The number of aromatic nitrogens is 5. The molecule has 158 valence electrons. The number of ether oxygens (including phenoxy) is 1. The first-order chi connectivity index (χ1) is 14.9. The number of rotatable bonds is 6. The van der Waals surface area contributed by atoms with Crippen molar-refractivity contribution in [2.45, 2.75) is 26.8 Å². The summed E-state index contributed by atoms with van der Waals surface area (Å²) >= 11 is 0. The molecule has 31 heavy (non-hydrogen) atoms. The predicted octanol–water partition coefficient (Wildman–Crippen LogP) is 4.66. The molecule has 3 aromatic heterocycles. The van der Waals surface area contributed by atoms with Crippen LogP contribution in [0.15, 0.2) is 55.0 Å². The minimum atomic E-state index is -0.256. The van der Waals surface area contributed by atoms with Crippen molar-refractivity contribution >= 4 is 5.82 Å². The van der Waals surface area contributed by atoms with E-state index in [1.54, 1.807) is 25.6 Å². The van der Waals surface area contributed by atoms with E-state index in [0.717, 1.165) is 22.5 Å². The van der Waals surface area contributed by atoms with E-state index in [9.17, 15) is 4.39 Å².